The van der Waals surface area contributed by atoms with Crippen LogP contribution >= 0.6 is 12.4 Å². The van der Waals surface area contributed by atoms with E-state index in [1.165, 1.54) is 11.1 Å². The van der Waals surface area contributed by atoms with Crippen molar-refractivity contribution in [2.75, 3.05) is 32.8 Å². The maximum atomic E-state index is 6.06. The normalized spacial score (nSPS) is 22.4. The van der Waals surface area contributed by atoms with Crippen molar-refractivity contribution in [3.05, 3.63) is 59.7 Å². The number of hydrogen-bond acceptors (Lipinski definition) is 4. The van der Waals surface area contributed by atoms with Crippen LogP contribution in [0.15, 0.2) is 48.5 Å². The average Bonchev–Trinajstić information content (AvgIpc) is 3.06. The van der Waals surface area contributed by atoms with E-state index in [0.29, 0.717) is 25.0 Å². The third-order valence-corrected chi connectivity index (χ3v) is 5.09. The van der Waals surface area contributed by atoms with Crippen LogP contribution in [0.25, 0.3) is 0 Å². The molecular weight excluding hydrogens is 336 g/mol. The number of benzene rings is 2. The predicted octanol–water partition coefficient (Wildman–Crippen LogP) is 3.05. The van der Waals surface area contributed by atoms with E-state index in [4.69, 9.17) is 15.2 Å². The molecule has 2 atom stereocenters. The summed E-state index contributed by atoms with van der Waals surface area (Å²) in [5, 5.41) is 0. The highest BCUT2D eigenvalue weighted by Crippen LogP contribution is 2.37. The maximum Gasteiger partial charge on any atom is 0.165 e. The maximum absolute atomic E-state index is 6.06. The SMILES string of the molecule is Cl.NC[C@@H]1CN(Cc2cccc3c2OCCO3)C[C@H]1c1ccccc1. The van der Waals surface area contributed by atoms with Gasteiger partial charge in [0.2, 0.25) is 0 Å². The van der Waals surface area contributed by atoms with Gasteiger partial charge in [-0.3, -0.25) is 4.90 Å². The zero-order chi connectivity index (χ0) is 16.4. The van der Waals surface area contributed by atoms with Gasteiger partial charge in [0, 0.05) is 31.1 Å². The van der Waals surface area contributed by atoms with E-state index in [2.05, 4.69) is 41.3 Å². The molecule has 2 aliphatic heterocycles. The first-order chi connectivity index (χ1) is 11.8. The van der Waals surface area contributed by atoms with E-state index in [1.807, 2.05) is 12.1 Å². The minimum absolute atomic E-state index is 0. The number of nitrogens with zero attached hydrogens (tertiary/aromatic N) is 1. The fourth-order valence-corrected chi connectivity index (χ4v) is 3.91. The number of likely N-dealkylation sites (tertiary alicyclic amines) is 1. The number of nitrogens with two attached hydrogens (primary N) is 1. The Bertz CT molecular complexity index is 695. The van der Waals surface area contributed by atoms with E-state index < -0.39 is 0 Å². The molecule has 0 amide bonds. The highest BCUT2D eigenvalue weighted by atomic mass is 35.5. The molecule has 0 saturated carbocycles. The molecule has 4 nitrogen and oxygen atoms in total. The molecule has 0 unspecified atom stereocenters. The fourth-order valence-electron chi connectivity index (χ4n) is 3.91. The Labute approximate surface area is 155 Å². The van der Waals surface area contributed by atoms with Crippen LogP contribution in [0, 0.1) is 5.92 Å². The molecule has 0 aromatic heterocycles. The third-order valence-electron chi connectivity index (χ3n) is 5.09. The largest absolute Gasteiger partial charge is 0.486 e. The molecule has 134 valence electrons. The van der Waals surface area contributed by atoms with Crippen molar-refractivity contribution in [2.45, 2.75) is 12.5 Å². The summed E-state index contributed by atoms with van der Waals surface area (Å²) in [6.07, 6.45) is 0. The second-order valence-electron chi connectivity index (χ2n) is 6.65. The van der Waals surface area contributed by atoms with Crippen molar-refractivity contribution in [3.8, 4) is 11.5 Å². The Balaban J connectivity index is 0.00000182. The Morgan fingerprint density at radius 2 is 1.76 bits per heavy atom. The number of ether oxygens (including phenoxy) is 2. The van der Waals surface area contributed by atoms with Gasteiger partial charge in [-0.25, -0.2) is 0 Å². The molecule has 5 heteroatoms. The molecule has 2 aromatic rings. The summed E-state index contributed by atoms with van der Waals surface area (Å²) in [4.78, 5) is 2.49. The number of para-hydroxylation sites is 1. The second-order valence-corrected chi connectivity index (χ2v) is 6.65. The van der Waals surface area contributed by atoms with Crippen LogP contribution in [0.3, 0.4) is 0 Å². The van der Waals surface area contributed by atoms with Gasteiger partial charge < -0.3 is 15.2 Å². The molecule has 25 heavy (non-hydrogen) atoms. The van der Waals surface area contributed by atoms with Crippen molar-refractivity contribution in [3.63, 3.8) is 0 Å². The zero-order valence-corrected chi connectivity index (χ0v) is 15.1. The van der Waals surface area contributed by atoms with Crippen molar-refractivity contribution in [1.82, 2.24) is 4.90 Å². The quantitative estimate of drug-likeness (QED) is 0.910. The Morgan fingerprint density at radius 1 is 0.960 bits per heavy atom. The monoisotopic (exact) mass is 360 g/mol. The molecule has 0 bridgehead atoms. The Hall–Kier alpha value is -1.75. The van der Waals surface area contributed by atoms with Crippen molar-refractivity contribution in [2.24, 2.45) is 11.7 Å². The second kappa shape index (κ2) is 8.09. The molecule has 0 spiro atoms. The lowest BCUT2D eigenvalue weighted by atomic mass is 9.89. The smallest absolute Gasteiger partial charge is 0.165 e. The molecule has 0 radical (unpaired) electrons. The Kier molecular flexibility index (Phi) is 5.84. The average molecular weight is 361 g/mol. The van der Waals surface area contributed by atoms with Gasteiger partial charge in [-0.05, 0) is 24.1 Å². The number of fused-ring (bicyclic) bond motifs is 1. The minimum Gasteiger partial charge on any atom is -0.486 e. The van der Waals surface area contributed by atoms with Gasteiger partial charge >= 0.3 is 0 Å². The number of hydrogen-bond donors (Lipinski definition) is 1. The molecule has 1 saturated heterocycles. The van der Waals surface area contributed by atoms with Gasteiger partial charge in [-0.15, -0.1) is 12.4 Å². The van der Waals surface area contributed by atoms with E-state index in [-0.39, 0.29) is 12.4 Å². The summed E-state index contributed by atoms with van der Waals surface area (Å²) in [6, 6.07) is 16.9. The summed E-state index contributed by atoms with van der Waals surface area (Å²) in [7, 11) is 0. The van der Waals surface area contributed by atoms with Crippen LogP contribution in [0.4, 0.5) is 0 Å². The van der Waals surface area contributed by atoms with Gasteiger partial charge in [0.25, 0.3) is 0 Å². The fraction of sp³-hybridized carbons (Fsp3) is 0.400. The molecule has 2 N–H and O–H groups in total. The van der Waals surface area contributed by atoms with Crippen molar-refractivity contribution < 1.29 is 9.47 Å². The molecular formula is C20H25ClN2O2. The summed E-state index contributed by atoms with van der Waals surface area (Å²) in [6.45, 7) is 4.93. The van der Waals surface area contributed by atoms with Gasteiger partial charge in [0.05, 0.1) is 0 Å². The third kappa shape index (κ3) is 3.76. The zero-order valence-electron chi connectivity index (χ0n) is 14.3. The standard InChI is InChI=1S/C20H24N2O2.ClH/c21-11-17-13-22(14-18(17)15-5-2-1-3-6-15)12-16-7-4-8-19-20(16)24-10-9-23-19;/h1-8,17-18H,9-14,21H2;1H/t17-,18+;/m1./s1. The minimum atomic E-state index is 0. The summed E-state index contributed by atoms with van der Waals surface area (Å²) >= 11 is 0. The van der Waals surface area contributed by atoms with E-state index >= 15 is 0 Å². The topological polar surface area (TPSA) is 47.7 Å². The molecule has 4 rings (SSSR count). The highest BCUT2D eigenvalue weighted by molar-refractivity contribution is 5.85. The van der Waals surface area contributed by atoms with E-state index in [1.54, 1.807) is 0 Å². The van der Waals surface area contributed by atoms with Crippen LogP contribution in [0.5, 0.6) is 11.5 Å². The van der Waals surface area contributed by atoms with E-state index in [0.717, 1.165) is 37.7 Å². The summed E-state index contributed by atoms with van der Waals surface area (Å²) in [5.41, 5.74) is 8.66. The number of rotatable bonds is 4. The van der Waals surface area contributed by atoms with Gasteiger partial charge in [-0.2, -0.15) is 0 Å². The van der Waals surface area contributed by atoms with Crippen LogP contribution in [0.2, 0.25) is 0 Å². The Morgan fingerprint density at radius 3 is 2.56 bits per heavy atom. The van der Waals surface area contributed by atoms with Crippen LogP contribution in [0.1, 0.15) is 17.0 Å². The first-order valence-corrected chi connectivity index (χ1v) is 8.70. The van der Waals surface area contributed by atoms with Gasteiger partial charge in [0.15, 0.2) is 11.5 Å². The van der Waals surface area contributed by atoms with Gasteiger partial charge in [-0.1, -0.05) is 42.5 Å². The van der Waals surface area contributed by atoms with Crippen LogP contribution in [-0.4, -0.2) is 37.7 Å². The molecule has 2 heterocycles. The molecule has 1 fully saturated rings. The lowest BCUT2D eigenvalue weighted by Gasteiger charge is -2.23. The highest BCUT2D eigenvalue weighted by Gasteiger charge is 2.33. The van der Waals surface area contributed by atoms with Crippen LogP contribution < -0.4 is 15.2 Å². The summed E-state index contributed by atoms with van der Waals surface area (Å²) < 4.78 is 11.6. The first-order valence-electron chi connectivity index (χ1n) is 8.70. The number of halogens is 1. The van der Waals surface area contributed by atoms with Crippen molar-refractivity contribution in [1.29, 1.82) is 0 Å². The lowest BCUT2D eigenvalue weighted by molar-refractivity contribution is 0.167. The van der Waals surface area contributed by atoms with E-state index in [9.17, 15) is 0 Å². The van der Waals surface area contributed by atoms with Crippen LogP contribution in [-0.2, 0) is 6.54 Å². The lowest BCUT2D eigenvalue weighted by Crippen LogP contribution is -2.24. The predicted molar refractivity (Wildman–Crippen MR) is 102 cm³/mol. The molecule has 2 aromatic carbocycles. The van der Waals surface area contributed by atoms with Crippen molar-refractivity contribution >= 4 is 12.4 Å². The summed E-state index contributed by atoms with van der Waals surface area (Å²) in [5.74, 6) is 2.79. The van der Waals surface area contributed by atoms with Gasteiger partial charge in [0.1, 0.15) is 13.2 Å². The molecule has 2 aliphatic rings. The molecule has 0 aliphatic carbocycles. The first kappa shape index (κ1) is 18.1.